The molecule has 2 amide bonds. The van der Waals surface area contributed by atoms with E-state index in [1.807, 2.05) is 6.07 Å². The van der Waals surface area contributed by atoms with Crippen LogP contribution >= 0.6 is 27.3 Å². The zero-order valence-electron chi connectivity index (χ0n) is 15.9. The fourth-order valence-corrected chi connectivity index (χ4v) is 4.83. The number of halogens is 1. The molecule has 1 aromatic carbocycles. The molecule has 1 aliphatic carbocycles. The number of rotatable bonds is 5. The molecule has 8 heteroatoms. The fraction of sp³-hybridized carbons (Fsp3) is 0.400. The summed E-state index contributed by atoms with van der Waals surface area (Å²) in [6, 6.07) is 5.44. The summed E-state index contributed by atoms with van der Waals surface area (Å²) in [5.74, 6) is 0.513. The van der Waals surface area contributed by atoms with Crippen LogP contribution < -0.4 is 20.3 Å². The van der Waals surface area contributed by atoms with E-state index in [9.17, 15) is 9.59 Å². The number of benzene rings is 1. The van der Waals surface area contributed by atoms with Gasteiger partial charge in [-0.15, -0.1) is 11.3 Å². The predicted octanol–water partition coefficient (Wildman–Crippen LogP) is 3.80. The van der Waals surface area contributed by atoms with E-state index >= 15 is 0 Å². The van der Waals surface area contributed by atoms with E-state index < -0.39 is 0 Å². The topological polar surface area (TPSA) is 76.7 Å². The van der Waals surface area contributed by atoms with E-state index in [1.54, 1.807) is 26.4 Å². The third kappa shape index (κ3) is 4.86. The third-order valence-electron chi connectivity index (χ3n) is 4.69. The van der Waals surface area contributed by atoms with E-state index in [1.165, 1.54) is 41.0 Å². The van der Waals surface area contributed by atoms with Gasteiger partial charge in [-0.3, -0.25) is 20.4 Å². The Balaban J connectivity index is 1.59. The van der Waals surface area contributed by atoms with Gasteiger partial charge in [0.05, 0.1) is 25.5 Å². The third-order valence-corrected chi connectivity index (χ3v) is 6.66. The van der Waals surface area contributed by atoms with Crippen LogP contribution in [0.4, 0.5) is 0 Å². The number of hydrogen-bond donors (Lipinski definition) is 2. The van der Waals surface area contributed by atoms with Crippen LogP contribution in [0.3, 0.4) is 0 Å². The number of aryl methyl sites for hydroxylation is 2. The Morgan fingerprint density at radius 3 is 2.50 bits per heavy atom. The Hall–Kier alpha value is -2.06. The molecular formula is C20H23BrN2O4S. The number of carbonyl (C=O) groups excluding carboxylic acids is 2. The van der Waals surface area contributed by atoms with Gasteiger partial charge < -0.3 is 9.47 Å². The van der Waals surface area contributed by atoms with Crippen LogP contribution in [-0.2, 0) is 24.1 Å². The first-order valence-electron chi connectivity index (χ1n) is 9.13. The van der Waals surface area contributed by atoms with Crippen molar-refractivity contribution < 1.29 is 19.1 Å². The summed E-state index contributed by atoms with van der Waals surface area (Å²) >= 11 is 4.96. The second-order valence-corrected chi connectivity index (χ2v) is 8.59. The lowest BCUT2D eigenvalue weighted by atomic mass is 10.1. The van der Waals surface area contributed by atoms with Crippen LogP contribution in [0.25, 0.3) is 0 Å². The van der Waals surface area contributed by atoms with Crippen LogP contribution in [0, 0.1) is 0 Å². The van der Waals surface area contributed by atoms with Gasteiger partial charge in [-0.25, -0.2) is 0 Å². The Kier molecular flexibility index (Phi) is 6.96. The highest BCUT2D eigenvalue weighted by molar-refractivity contribution is 9.10. The highest BCUT2D eigenvalue weighted by atomic mass is 79.9. The molecule has 0 saturated carbocycles. The number of thiophene rings is 1. The molecule has 2 N–H and O–H groups in total. The molecule has 3 rings (SSSR count). The Morgan fingerprint density at radius 1 is 1.04 bits per heavy atom. The molecule has 1 heterocycles. The lowest BCUT2D eigenvalue weighted by molar-refractivity contribution is -0.121. The van der Waals surface area contributed by atoms with Crippen molar-refractivity contribution in [3.63, 3.8) is 0 Å². The molecule has 0 atom stereocenters. The number of ether oxygens (including phenoxy) is 2. The molecule has 0 bridgehead atoms. The SMILES string of the molecule is COc1cc(Br)c(CC(=O)NNC(=O)c2cc3c(s2)CCCCC3)cc1OC. The molecule has 0 spiro atoms. The lowest BCUT2D eigenvalue weighted by Crippen LogP contribution is -2.42. The molecule has 0 unspecified atom stereocenters. The van der Waals surface area contributed by atoms with Crippen molar-refractivity contribution in [2.24, 2.45) is 0 Å². The first-order chi connectivity index (χ1) is 13.5. The lowest BCUT2D eigenvalue weighted by Gasteiger charge is -2.12. The van der Waals surface area contributed by atoms with Gasteiger partial charge in [0.2, 0.25) is 5.91 Å². The number of hydrazine groups is 1. The maximum Gasteiger partial charge on any atom is 0.279 e. The molecule has 1 aliphatic rings. The second-order valence-electron chi connectivity index (χ2n) is 6.60. The Labute approximate surface area is 176 Å². The Morgan fingerprint density at radius 2 is 1.75 bits per heavy atom. The van der Waals surface area contributed by atoms with Crippen molar-refractivity contribution in [2.45, 2.75) is 38.5 Å². The number of amides is 2. The molecule has 0 aliphatic heterocycles. The molecule has 0 fully saturated rings. The standard InChI is InChI=1S/C20H23BrN2O4S/c1-26-15-8-13(14(21)11-16(15)27-2)10-19(24)22-23-20(25)18-9-12-6-4-3-5-7-17(12)28-18/h8-9,11H,3-7,10H2,1-2H3,(H,22,24)(H,23,25). The van der Waals surface area contributed by atoms with Crippen LogP contribution in [0.5, 0.6) is 11.5 Å². The highest BCUT2D eigenvalue weighted by Crippen LogP contribution is 2.33. The number of carbonyl (C=O) groups is 2. The number of fused-ring (bicyclic) bond motifs is 1. The van der Waals surface area contributed by atoms with Gasteiger partial charge in [-0.05, 0) is 55.0 Å². The second kappa shape index (κ2) is 9.43. The van der Waals surface area contributed by atoms with E-state index in [0.717, 1.165) is 22.9 Å². The van der Waals surface area contributed by atoms with Crippen molar-refractivity contribution in [1.82, 2.24) is 10.9 Å². The predicted molar refractivity (Wildman–Crippen MR) is 112 cm³/mol. The zero-order valence-corrected chi connectivity index (χ0v) is 18.3. The molecular weight excluding hydrogens is 444 g/mol. The average molecular weight is 467 g/mol. The van der Waals surface area contributed by atoms with Gasteiger partial charge in [0.1, 0.15) is 0 Å². The molecule has 28 heavy (non-hydrogen) atoms. The summed E-state index contributed by atoms with van der Waals surface area (Å²) in [5.41, 5.74) is 7.01. The van der Waals surface area contributed by atoms with Gasteiger partial charge in [0, 0.05) is 9.35 Å². The summed E-state index contributed by atoms with van der Waals surface area (Å²) in [6.07, 6.45) is 5.73. The summed E-state index contributed by atoms with van der Waals surface area (Å²) in [6.45, 7) is 0. The molecule has 0 radical (unpaired) electrons. The quantitative estimate of drug-likeness (QED) is 0.518. The number of nitrogens with one attached hydrogen (secondary N) is 2. The van der Waals surface area contributed by atoms with Crippen molar-refractivity contribution in [3.05, 3.63) is 43.6 Å². The minimum absolute atomic E-state index is 0.0855. The summed E-state index contributed by atoms with van der Waals surface area (Å²) in [4.78, 5) is 26.6. The van der Waals surface area contributed by atoms with Crippen molar-refractivity contribution in [1.29, 1.82) is 0 Å². The number of hydrogen-bond acceptors (Lipinski definition) is 5. The normalized spacial score (nSPS) is 13.2. The zero-order chi connectivity index (χ0) is 20.1. The van der Waals surface area contributed by atoms with E-state index in [0.29, 0.717) is 16.4 Å². The molecule has 0 saturated heterocycles. The molecule has 1 aromatic heterocycles. The van der Waals surface area contributed by atoms with E-state index in [2.05, 4.69) is 26.8 Å². The first kappa shape index (κ1) is 20.7. The highest BCUT2D eigenvalue weighted by Gasteiger charge is 2.17. The van der Waals surface area contributed by atoms with Gasteiger partial charge >= 0.3 is 0 Å². The minimum Gasteiger partial charge on any atom is -0.493 e. The molecule has 150 valence electrons. The van der Waals surface area contributed by atoms with Crippen molar-refractivity contribution >= 4 is 39.1 Å². The monoisotopic (exact) mass is 466 g/mol. The van der Waals surface area contributed by atoms with Gasteiger partial charge in [0.15, 0.2) is 11.5 Å². The maximum atomic E-state index is 12.4. The smallest absolute Gasteiger partial charge is 0.279 e. The van der Waals surface area contributed by atoms with Gasteiger partial charge in [-0.2, -0.15) is 0 Å². The molecule has 2 aromatic rings. The fourth-order valence-electron chi connectivity index (χ4n) is 3.22. The van der Waals surface area contributed by atoms with Crippen molar-refractivity contribution in [2.75, 3.05) is 14.2 Å². The summed E-state index contributed by atoms with van der Waals surface area (Å²) in [5, 5.41) is 0. The Bertz CT molecular complexity index is 858. The van der Waals surface area contributed by atoms with Gasteiger partial charge in [0.25, 0.3) is 5.91 Å². The minimum atomic E-state index is -0.320. The first-order valence-corrected chi connectivity index (χ1v) is 10.7. The van der Waals surface area contributed by atoms with E-state index in [4.69, 9.17) is 9.47 Å². The maximum absolute atomic E-state index is 12.4. The van der Waals surface area contributed by atoms with Crippen LogP contribution in [0.15, 0.2) is 22.7 Å². The number of methoxy groups -OCH3 is 2. The van der Waals surface area contributed by atoms with Crippen LogP contribution in [0.1, 0.15) is 44.9 Å². The molecule has 6 nitrogen and oxygen atoms in total. The largest absolute Gasteiger partial charge is 0.493 e. The van der Waals surface area contributed by atoms with Crippen molar-refractivity contribution in [3.8, 4) is 11.5 Å². The van der Waals surface area contributed by atoms with E-state index in [-0.39, 0.29) is 18.2 Å². The summed E-state index contributed by atoms with van der Waals surface area (Å²) in [7, 11) is 3.09. The van der Waals surface area contributed by atoms with Crippen LogP contribution in [-0.4, -0.2) is 26.0 Å². The van der Waals surface area contributed by atoms with Gasteiger partial charge in [-0.1, -0.05) is 22.4 Å². The van der Waals surface area contributed by atoms with Crippen LogP contribution in [0.2, 0.25) is 0 Å². The average Bonchev–Trinajstić information content (AvgIpc) is 2.98. The summed E-state index contributed by atoms with van der Waals surface area (Å²) < 4.78 is 11.2.